The van der Waals surface area contributed by atoms with Gasteiger partial charge in [-0.1, -0.05) is 12.1 Å². The number of aldehydes is 1. The highest BCUT2D eigenvalue weighted by Gasteiger charge is 2.11. The van der Waals surface area contributed by atoms with Gasteiger partial charge in [-0.15, -0.1) is 11.3 Å². The summed E-state index contributed by atoms with van der Waals surface area (Å²) in [5.41, 5.74) is 3.20. The molecule has 0 radical (unpaired) electrons. The molecule has 0 aliphatic rings. The van der Waals surface area contributed by atoms with E-state index in [0.717, 1.165) is 37.7 Å². The highest BCUT2D eigenvalue weighted by atomic mass is 32.1. The van der Waals surface area contributed by atoms with E-state index >= 15 is 0 Å². The van der Waals surface area contributed by atoms with Gasteiger partial charge in [-0.05, 0) is 41.8 Å². The first-order valence-corrected chi connectivity index (χ1v) is 7.89. The Bertz CT molecular complexity index is 1110. The normalized spacial score (nSPS) is 10.7. The van der Waals surface area contributed by atoms with Gasteiger partial charge >= 0.3 is 0 Å². The Hall–Kier alpha value is -3.03. The van der Waals surface area contributed by atoms with Crippen LogP contribution in [-0.4, -0.2) is 11.3 Å². The molecule has 0 atom stereocenters. The van der Waals surface area contributed by atoms with E-state index < -0.39 is 0 Å². The van der Waals surface area contributed by atoms with E-state index in [1.807, 2.05) is 36.4 Å². The summed E-state index contributed by atoms with van der Waals surface area (Å²) in [6, 6.07) is 17.5. The Labute approximate surface area is 136 Å². The summed E-state index contributed by atoms with van der Waals surface area (Å²) in [6.45, 7) is 0. The monoisotopic (exact) mass is 314 g/mol. The van der Waals surface area contributed by atoms with Gasteiger partial charge in [0.15, 0.2) is 0 Å². The zero-order valence-electron chi connectivity index (χ0n) is 12.0. The smallest absolute Gasteiger partial charge is 0.150 e. The Morgan fingerprint density at radius 2 is 2.04 bits per heavy atom. The lowest BCUT2D eigenvalue weighted by Crippen LogP contribution is -1.85. The van der Waals surface area contributed by atoms with Crippen molar-refractivity contribution in [2.24, 2.45) is 0 Å². The van der Waals surface area contributed by atoms with E-state index in [1.54, 1.807) is 23.6 Å². The molecule has 2 aromatic carbocycles. The first-order chi connectivity index (χ1) is 11.3. The molecular formula is C19H10N2OS. The zero-order valence-corrected chi connectivity index (χ0v) is 12.8. The number of carbonyl (C=O) groups excluding carboxylic acids is 1. The van der Waals surface area contributed by atoms with Gasteiger partial charge in [0, 0.05) is 27.6 Å². The Morgan fingerprint density at radius 1 is 1.13 bits per heavy atom. The highest BCUT2D eigenvalue weighted by molar-refractivity contribution is 7.22. The number of nitriles is 1. The summed E-state index contributed by atoms with van der Waals surface area (Å²) in [5.74, 6) is 0. The third-order valence-corrected chi connectivity index (χ3v) is 5.05. The van der Waals surface area contributed by atoms with Crippen molar-refractivity contribution in [3.8, 4) is 16.5 Å². The lowest BCUT2D eigenvalue weighted by atomic mass is 10.0. The van der Waals surface area contributed by atoms with Crippen LogP contribution in [0, 0.1) is 11.3 Å². The molecule has 0 amide bonds. The van der Waals surface area contributed by atoms with E-state index in [4.69, 9.17) is 0 Å². The van der Waals surface area contributed by atoms with E-state index in [1.165, 1.54) is 0 Å². The molecule has 0 fully saturated rings. The lowest BCUT2D eigenvalue weighted by molar-refractivity contribution is 0.112. The molecule has 0 saturated heterocycles. The maximum atomic E-state index is 11.1. The molecule has 4 rings (SSSR count). The van der Waals surface area contributed by atoms with Gasteiger partial charge in [-0.25, -0.2) is 0 Å². The van der Waals surface area contributed by atoms with Crippen molar-refractivity contribution in [1.29, 1.82) is 5.26 Å². The molecule has 0 aliphatic carbocycles. The summed E-state index contributed by atoms with van der Waals surface area (Å²) in [6.07, 6.45) is 2.61. The molecule has 4 aromatic rings. The number of nitrogens with zero attached hydrogens (tertiary/aromatic N) is 2. The number of pyridine rings is 1. The van der Waals surface area contributed by atoms with E-state index in [-0.39, 0.29) is 0 Å². The fourth-order valence-electron chi connectivity index (χ4n) is 2.74. The fraction of sp³-hybridized carbons (Fsp3) is 0. The average Bonchev–Trinajstić information content (AvgIpc) is 3.04. The lowest BCUT2D eigenvalue weighted by Gasteiger charge is -2.04. The van der Waals surface area contributed by atoms with Gasteiger partial charge in [0.05, 0.1) is 15.8 Å². The van der Waals surface area contributed by atoms with E-state index in [0.29, 0.717) is 11.1 Å². The van der Waals surface area contributed by atoms with Crippen LogP contribution in [-0.2, 0) is 0 Å². The van der Waals surface area contributed by atoms with Gasteiger partial charge in [0.1, 0.15) is 12.4 Å². The minimum absolute atomic E-state index is 0.630. The first-order valence-electron chi connectivity index (χ1n) is 7.07. The molecule has 2 heterocycles. The molecule has 0 bridgehead atoms. The third kappa shape index (κ3) is 2.19. The number of benzene rings is 2. The van der Waals surface area contributed by atoms with Gasteiger partial charge in [0.25, 0.3) is 0 Å². The zero-order chi connectivity index (χ0) is 15.8. The summed E-state index contributed by atoms with van der Waals surface area (Å²) in [4.78, 5) is 16.5. The minimum atomic E-state index is 0.630. The van der Waals surface area contributed by atoms with Crippen LogP contribution < -0.4 is 0 Å². The van der Waals surface area contributed by atoms with Crippen LogP contribution in [0.25, 0.3) is 31.4 Å². The van der Waals surface area contributed by atoms with Crippen molar-refractivity contribution in [3.63, 3.8) is 0 Å². The summed E-state index contributed by atoms with van der Waals surface area (Å²) < 4.78 is 0.988. The van der Waals surface area contributed by atoms with Crippen molar-refractivity contribution < 1.29 is 4.79 Å². The number of hydrogen-bond acceptors (Lipinski definition) is 4. The second kappa shape index (κ2) is 5.31. The maximum absolute atomic E-state index is 11.1. The second-order valence-electron chi connectivity index (χ2n) is 5.20. The number of fused-ring (bicyclic) bond motifs is 2. The van der Waals surface area contributed by atoms with Crippen LogP contribution in [0.3, 0.4) is 0 Å². The van der Waals surface area contributed by atoms with Crippen molar-refractivity contribution in [2.75, 3.05) is 0 Å². The van der Waals surface area contributed by atoms with Crippen LogP contribution in [0.15, 0.2) is 54.7 Å². The molecule has 0 unspecified atom stereocenters. The Kier molecular flexibility index (Phi) is 3.14. The number of rotatable bonds is 2. The van der Waals surface area contributed by atoms with Crippen molar-refractivity contribution >= 4 is 38.6 Å². The molecule has 108 valence electrons. The van der Waals surface area contributed by atoms with Gasteiger partial charge < -0.3 is 0 Å². The first kappa shape index (κ1) is 13.6. The summed E-state index contributed by atoms with van der Waals surface area (Å²) >= 11 is 1.59. The summed E-state index contributed by atoms with van der Waals surface area (Å²) in [7, 11) is 0. The van der Waals surface area contributed by atoms with Gasteiger partial charge in [-0.3, -0.25) is 9.78 Å². The molecule has 23 heavy (non-hydrogen) atoms. The topological polar surface area (TPSA) is 53.8 Å². The predicted octanol–water partition coefficient (Wildman–Crippen LogP) is 4.80. The molecular weight excluding hydrogens is 304 g/mol. The number of hydrogen-bond donors (Lipinski definition) is 0. The number of aromatic nitrogens is 1. The maximum Gasteiger partial charge on any atom is 0.150 e. The standard InChI is InChI=1S/C19H10N2OS/c20-10-14-3-1-2-13-9-18(23-19(13)14)15-6-7-21-17-5-4-12(11-22)8-16(15)17/h1-9,11H. The van der Waals surface area contributed by atoms with Crippen molar-refractivity contribution in [3.05, 3.63) is 65.9 Å². The summed E-state index contributed by atoms with van der Waals surface area (Å²) in [5, 5.41) is 11.3. The molecule has 0 saturated carbocycles. The Balaban J connectivity index is 2.02. The molecule has 0 aliphatic heterocycles. The third-order valence-electron chi connectivity index (χ3n) is 3.83. The molecule has 0 spiro atoms. The predicted molar refractivity (Wildman–Crippen MR) is 92.7 cm³/mol. The fourth-order valence-corrected chi connectivity index (χ4v) is 3.90. The molecule has 2 aromatic heterocycles. The van der Waals surface area contributed by atoms with Crippen molar-refractivity contribution in [1.82, 2.24) is 4.98 Å². The largest absolute Gasteiger partial charge is 0.298 e. The van der Waals surface area contributed by atoms with Crippen molar-refractivity contribution in [2.45, 2.75) is 0 Å². The minimum Gasteiger partial charge on any atom is -0.298 e. The van der Waals surface area contributed by atoms with Crippen LogP contribution in [0.5, 0.6) is 0 Å². The van der Waals surface area contributed by atoms with E-state index in [9.17, 15) is 10.1 Å². The molecule has 4 heteroatoms. The van der Waals surface area contributed by atoms with E-state index in [2.05, 4.69) is 17.1 Å². The Morgan fingerprint density at radius 3 is 2.87 bits per heavy atom. The van der Waals surface area contributed by atoms with Crippen LogP contribution in [0.2, 0.25) is 0 Å². The van der Waals surface area contributed by atoms with Crippen LogP contribution in [0.4, 0.5) is 0 Å². The van der Waals surface area contributed by atoms with Crippen LogP contribution >= 0.6 is 11.3 Å². The average molecular weight is 314 g/mol. The van der Waals surface area contributed by atoms with Gasteiger partial charge in [0.2, 0.25) is 0 Å². The SMILES string of the molecule is N#Cc1cccc2cc(-c3ccnc4ccc(C=O)cc34)sc12. The number of carbonyl (C=O) groups is 1. The quantitative estimate of drug-likeness (QED) is 0.499. The molecule has 0 N–H and O–H groups in total. The highest BCUT2D eigenvalue weighted by Crippen LogP contribution is 2.38. The van der Waals surface area contributed by atoms with Crippen LogP contribution in [0.1, 0.15) is 15.9 Å². The van der Waals surface area contributed by atoms with Gasteiger partial charge in [-0.2, -0.15) is 5.26 Å². The second-order valence-corrected chi connectivity index (χ2v) is 6.25. The number of thiophene rings is 1. The molecule has 3 nitrogen and oxygen atoms in total.